The van der Waals surface area contributed by atoms with E-state index in [4.69, 9.17) is 4.74 Å². The van der Waals surface area contributed by atoms with Gasteiger partial charge in [0.15, 0.2) is 0 Å². The molecule has 0 aliphatic heterocycles. The van der Waals surface area contributed by atoms with Gasteiger partial charge in [-0.1, -0.05) is 30.3 Å². The summed E-state index contributed by atoms with van der Waals surface area (Å²) in [5.74, 6) is 0.494. The van der Waals surface area contributed by atoms with E-state index in [1.165, 1.54) is 12.7 Å². The minimum Gasteiger partial charge on any atom is -0.494 e. The van der Waals surface area contributed by atoms with E-state index in [0.717, 1.165) is 5.69 Å². The van der Waals surface area contributed by atoms with E-state index in [1.54, 1.807) is 19.1 Å². The van der Waals surface area contributed by atoms with Crippen LogP contribution < -0.4 is 14.8 Å². The van der Waals surface area contributed by atoms with Gasteiger partial charge in [-0.2, -0.15) is 0 Å². The van der Waals surface area contributed by atoms with Gasteiger partial charge in [0.2, 0.25) is 10.0 Å². The van der Waals surface area contributed by atoms with Crippen molar-refractivity contribution in [1.29, 1.82) is 0 Å². The van der Waals surface area contributed by atoms with Gasteiger partial charge < -0.3 is 10.1 Å². The highest BCUT2D eigenvalue weighted by molar-refractivity contribution is 7.92. The maximum absolute atomic E-state index is 11.7. The van der Waals surface area contributed by atoms with E-state index in [1.807, 2.05) is 24.3 Å². The number of methoxy groups -OCH3 is 1. The van der Waals surface area contributed by atoms with E-state index in [9.17, 15) is 8.42 Å². The highest BCUT2D eigenvalue weighted by Gasteiger charge is 2.12. The largest absolute Gasteiger partial charge is 0.494 e. The van der Waals surface area contributed by atoms with Crippen molar-refractivity contribution in [2.45, 2.75) is 19.9 Å². The molecule has 0 fully saturated rings. The average molecular weight is 334 g/mol. The standard InChI is InChI=1S/C17H22N2O3S/c1-4-23(20,21)19-16-11-10-15(12-17(16)22-3)18-13(2)14-8-6-5-7-9-14/h5-13,18-19H,4H2,1-3H3/t13-/m0/s1. The molecule has 0 aliphatic carbocycles. The monoisotopic (exact) mass is 334 g/mol. The van der Waals surface area contributed by atoms with Gasteiger partial charge in [0.1, 0.15) is 5.75 Å². The lowest BCUT2D eigenvalue weighted by Crippen LogP contribution is -2.15. The van der Waals surface area contributed by atoms with Crippen molar-refractivity contribution < 1.29 is 13.2 Å². The normalized spacial score (nSPS) is 12.5. The first-order chi connectivity index (χ1) is 10.9. The fraction of sp³-hybridized carbons (Fsp3) is 0.294. The summed E-state index contributed by atoms with van der Waals surface area (Å²) in [5.41, 5.74) is 2.46. The smallest absolute Gasteiger partial charge is 0.232 e. The molecule has 0 unspecified atom stereocenters. The van der Waals surface area contributed by atoms with Crippen molar-refractivity contribution in [2.75, 3.05) is 22.9 Å². The Hall–Kier alpha value is -2.21. The lowest BCUT2D eigenvalue weighted by molar-refractivity contribution is 0.417. The van der Waals surface area contributed by atoms with Gasteiger partial charge in [-0.05, 0) is 31.5 Å². The van der Waals surface area contributed by atoms with Gasteiger partial charge in [-0.25, -0.2) is 8.42 Å². The minimum atomic E-state index is -3.33. The predicted octanol–water partition coefficient (Wildman–Crippen LogP) is 3.63. The van der Waals surface area contributed by atoms with Crippen LogP contribution in [0.1, 0.15) is 25.5 Å². The number of anilines is 2. The Kier molecular flexibility index (Phi) is 5.50. The summed E-state index contributed by atoms with van der Waals surface area (Å²) in [7, 11) is -1.82. The Balaban J connectivity index is 2.19. The molecule has 0 spiro atoms. The predicted molar refractivity (Wildman–Crippen MR) is 94.6 cm³/mol. The molecule has 0 aromatic heterocycles. The zero-order valence-corrected chi connectivity index (χ0v) is 14.4. The summed E-state index contributed by atoms with van der Waals surface area (Å²) in [6.45, 7) is 3.65. The molecule has 5 nitrogen and oxygen atoms in total. The molecule has 0 bridgehead atoms. The van der Waals surface area contributed by atoms with Crippen LogP contribution in [0.2, 0.25) is 0 Å². The van der Waals surface area contributed by atoms with Crippen molar-refractivity contribution in [3.8, 4) is 5.75 Å². The fourth-order valence-corrected chi connectivity index (χ4v) is 2.83. The molecule has 0 saturated heterocycles. The number of hydrogen-bond acceptors (Lipinski definition) is 4. The second-order valence-electron chi connectivity index (χ2n) is 5.20. The van der Waals surface area contributed by atoms with Crippen LogP contribution in [0.5, 0.6) is 5.75 Å². The van der Waals surface area contributed by atoms with E-state index in [0.29, 0.717) is 11.4 Å². The summed E-state index contributed by atoms with van der Waals surface area (Å²) < 4.78 is 31.2. The highest BCUT2D eigenvalue weighted by Crippen LogP contribution is 2.30. The number of rotatable bonds is 7. The lowest BCUT2D eigenvalue weighted by atomic mass is 10.1. The summed E-state index contributed by atoms with van der Waals surface area (Å²) in [6, 6.07) is 15.5. The number of ether oxygens (including phenoxy) is 1. The number of nitrogens with one attached hydrogen (secondary N) is 2. The Bertz CT molecular complexity index is 746. The molecule has 23 heavy (non-hydrogen) atoms. The molecule has 0 aliphatic rings. The van der Waals surface area contributed by atoms with Crippen LogP contribution in [0.3, 0.4) is 0 Å². The Labute approximate surface area is 137 Å². The number of benzene rings is 2. The number of sulfonamides is 1. The van der Waals surface area contributed by atoms with Crippen molar-refractivity contribution in [2.24, 2.45) is 0 Å². The molecule has 124 valence electrons. The topological polar surface area (TPSA) is 67.4 Å². The van der Waals surface area contributed by atoms with Gasteiger partial charge in [0.25, 0.3) is 0 Å². The molecule has 1 atom stereocenters. The van der Waals surface area contributed by atoms with Crippen LogP contribution in [-0.4, -0.2) is 21.3 Å². The Morgan fingerprint density at radius 3 is 2.43 bits per heavy atom. The maximum atomic E-state index is 11.7. The van der Waals surface area contributed by atoms with Crippen LogP contribution in [0.25, 0.3) is 0 Å². The first-order valence-corrected chi connectivity index (χ1v) is 9.10. The van der Waals surface area contributed by atoms with Gasteiger partial charge in [0, 0.05) is 17.8 Å². The van der Waals surface area contributed by atoms with Crippen molar-refractivity contribution in [3.63, 3.8) is 0 Å². The molecule has 0 heterocycles. The van der Waals surface area contributed by atoms with E-state index in [2.05, 4.69) is 29.1 Å². The molecule has 2 aromatic rings. The average Bonchev–Trinajstić information content (AvgIpc) is 2.56. The quantitative estimate of drug-likeness (QED) is 0.811. The van der Waals surface area contributed by atoms with Crippen LogP contribution >= 0.6 is 0 Å². The Morgan fingerprint density at radius 2 is 1.83 bits per heavy atom. The van der Waals surface area contributed by atoms with Crippen LogP contribution in [0, 0.1) is 0 Å². The van der Waals surface area contributed by atoms with Crippen molar-refractivity contribution in [3.05, 3.63) is 54.1 Å². The molecular formula is C17H22N2O3S. The van der Waals surface area contributed by atoms with E-state index in [-0.39, 0.29) is 11.8 Å². The van der Waals surface area contributed by atoms with Crippen LogP contribution in [0.15, 0.2) is 48.5 Å². The fourth-order valence-electron chi connectivity index (χ4n) is 2.18. The molecule has 0 amide bonds. The molecule has 2 rings (SSSR count). The highest BCUT2D eigenvalue weighted by atomic mass is 32.2. The van der Waals surface area contributed by atoms with Crippen molar-refractivity contribution in [1.82, 2.24) is 0 Å². The first-order valence-electron chi connectivity index (χ1n) is 7.45. The summed E-state index contributed by atoms with van der Waals surface area (Å²) >= 11 is 0. The van der Waals surface area contributed by atoms with Gasteiger partial charge in [-0.3, -0.25) is 4.72 Å². The first kappa shape index (κ1) is 17.1. The summed E-state index contributed by atoms with van der Waals surface area (Å²) in [6.07, 6.45) is 0. The van der Waals surface area contributed by atoms with Gasteiger partial charge >= 0.3 is 0 Å². The molecule has 2 N–H and O–H groups in total. The van der Waals surface area contributed by atoms with Gasteiger partial charge in [0.05, 0.1) is 18.6 Å². The molecular weight excluding hydrogens is 312 g/mol. The van der Waals surface area contributed by atoms with Crippen LogP contribution in [-0.2, 0) is 10.0 Å². The molecule has 2 aromatic carbocycles. The van der Waals surface area contributed by atoms with Gasteiger partial charge in [-0.15, -0.1) is 0 Å². The second kappa shape index (κ2) is 7.37. The second-order valence-corrected chi connectivity index (χ2v) is 7.21. The Morgan fingerprint density at radius 1 is 1.13 bits per heavy atom. The van der Waals surface area contributed by atoms with E-state index >= 15 is 0 Å². The summed E-state index contributed by atoms with van der Waals surface area (Å²) in [5, 5.41) is 3.38. The minimum absolute atomic E-state index is 0.0151. The molecule has 0 saturated carbocycles. The molecule has 6 heteroatoms. The van der Waals surface area contributed by atoms with Crippen LogP contribution in [0.4, 0.5) is 11.4 Å². The summed E-state index contributed by atoms with van der Waals surface area (Å²) in [4.78, 5) is 0. The SMILES string of the molecule is CCS(=O)(=O)Nc1ccc(N[C@@H](C)c2ccccc2)cc1OC. The third-order valence-electron chi connectivity index (χ3n) is 3.53. The third-order valence-corrected chi connectivity index (χ3v) is 4.82. The van der Waals surface area contributed by atoms with Crippen molar-refractivity contribution >= 4 is 21.4 Å². The maximum Gasteiger partial charge on any atom is 0.232 e. The lowest BCUT2D eigenvalue weighted by Gasteiger charge is -2.18. The zero-order chi connectivity index (χ0) is 16.9. The molecule has 0 radical (unpaired) electrons. The van der Waals surface area contributed by atoms with E-state index < -0.39 is 10.0 Å². The third kappa shape index (κ3) is 4.63. The zero-order valence-electron chi connectivity index (χ0n) is 13.5. The number of hydrogen-bond donors (Lipinski definition) is 2.